The first-order valence-electron chi connectivity index (χ1n) is 20.7. The lowest BCUT2D eigenvalue weighted by molar-refractivity contribution is -0.706. The van der Waals surface area contributed by atoms with E-state index in [-0.39, 0.29) is 83.7 Å². The lowest BCUT2D eigenvalue weighted by atomic mass is 9.56. The van der Waals surface area contributed by atoms with E-state index in [0.717, 1.165) is 82.4 Å². The van der Waals surface area contributed by atoms with E-state index in [1.807, 2.05) is 41.5 Å². The molecule has 0 aromatic carbocycles. The van der Waals surface area contributed by atoms with Crippen LogP contribution in [0, 0.1) is 40.9 Å². The van der Waals surface area contributed by atoms with E-state index >= 15 is 0 Å². The molecule has 0 aromatic rings. The van der Waals surface area contributed by atoms with Crippen LogP contribution in [0.3, 0.4) is 0 Å². The minimum absolute atomic E-state index is 0.0773. The smallest absolute Gasteiger partial charge is 0.334 e. The molecule has 10 nitrogen and oxygen atoms in total. The van der Waals surface area contributed by atoms with Crippen LogP contribution < -0.4 is 11.1 Å². The fraction of sp³-hybridized carbons (Fsp3) is 0.829. The first-order valence-corrected chi connectivity index (χ1v) is 23.2. The van der Waals surface area contributed by atoms with Crippen LogP contribution in [0.5, 0.6) is 0 Å². The monoisotopic (exact) mass is 772 g/mol. The van der Waals surface area contributed by atoms with Crippen molar-refractivity contribution in [2.75, 3.05) is 31.2 Å². The second-order valence-electron chi connectivity index (χ2n) is 18.2. The van der Waals surface area contributed by atoms with Crippen molar-refractivity contribution in [1.29, 1.82) is 0 Å². The molecule has 3 aliphatic carbocycles. The molecule has 0 radical (unpaired) electrons. The maximum Gasteiger partial charge on any atom is 0.334 e. The highest BCUT2D eigenvalue weighted by Gasteiger charge is 2.68. The Hall–Kier alpha value is -1.57. The average molecular weight is 773 g/mol. The zero-order valence-corrected chi connectivity index (χ0v) is 33.6. The predicted octanol–water partition coefficient (Wildman–Crippen LogP) is 4.50. The lowest BCUT2D eigenvalue weighted by Crippen LogP contribution is -2.96. The van der Waals surface area contributed by atoms with Gasteiger partial charge < -0.3 is 29.5 Å². The van der Waals surface area contributed by atoms with Crippen molar-refractivity contribution < 1.29 is 39.0 Å². The first-order chi connectivity index (χ1) is 25.5. The van der Waals surface area contributed by atoms with Crippen molar-refractivity contribution in [3.8, 4) is 0 Å². The summed E-state index contributed by atoms with van der Waals surface area (Å²) in [6.45, 7) is 7.50. The number of esters is 2. The van der Waals surface area contributed by atoms with Gasteiger partial charge in [-0.25, -0.2) is 4.79 Å². The molecule has 5 saturated heterocycles. The second kappa shape index (κ2) is 15.1. The van der Waals surface area contributed by atoms with Crippen molar-refractivity contribution in [3.05, 3.63) is 23.3 Å². The zero-order chi connectivity index (χ0) is 37.1. The molecule has 1 spiro atoms. The number of rotatable bonds is 5. The number of aliphatic hydroxyl groups excluding tert-OH is 1. The van der Waals surface area contributed by atoms with Crippen LogP contribution in [0.25, 0.3) is 0 Å². The van der Waals surface area contributed by atoms with Crippen molar-refractivity contribution in [2.45, 2.75) is 140 Å². The SMILES string of the molecule is CC=C(C)C(=O)OC1(C)CC=C2CSSCC3CCN3C(=O)CC3C[NH2+]C(N)CC3C2C12CC1CC3CC(C4(CCO)CCCC4)C(=O)OC3CC1O2. The summed E-state index contributed by atoms with van der Waals surface area (Å²) in [7, 11) is 3.75. The molecule has 5 heterocycles. The van der Waals surface area contributed by atoms with Crippen LogP contribution in [-0.4, -0.2) is 94.7 Å². The van der Waals surface area contributed by atoms with Gasteiger partial charge in [0, 0.05) is 73.8 Å². The summed E-state index contributed by atoms with van der Waals surface area (Å²) in [4.78, 5) is 43.6. The van der Waals surface area contributed by atoms with E-state index in [1.54, 1.807) is 0 Å². The Morgan fingerprint density at radius 3 is 2.68 bits per heavy atom. The summed E-state index contributed by atoms with van der Waals surface area (Å²) >= 11 is 0. The summed E-state index contributed by atoms with van der Waals surface area (Å²) in [6, 6.07) is 0.318. The number of nitrogens with zero attached hydrogens (tertiary/aromatic N) is 1. The third-order valence-corrected chi connectivity index (χ3v) is 17.9. The number of amides is 1. The summed E-state index contributed by atoms with van der Waals surface area (Å²) in [5.74, 6) is 2.05. The van der Waals surface area contributed by atoms with Gasteiger partial charge in [0.1, 0.15) is 23.5 Å². The Bertz CT molecular complexity index is 1500. The molecule has 0 bridgehead atoms. The van der Waals surface area contributed by atoms with E-state index in [2.05, 4.69) is 23.2 Å². The molecule has 12 unspecified atom stereocenters. The molecular formula is C41H62N3O7S2+. The minimum Gasteiger partial charge on any atom is -0.462 e. The molecule has 12 atom stereocenters. The van der Waals surface area contributed by atoms with E-state index < -0.39 is 11.2 Å². The van der Waals surface area contributed by atoms with Gasteiger partial charge >= 0.3 is 11.9 Å². The molecule has 53 heavy (non-hydrogen) atoms. The van der Waals surface area contributed by atoms with Crippen LogP contribution >= 0.6 is 21.6 Å². The van der Waals surface area contributed by atoms with Crippen LogP contribution in [-0.2, 0) is 28.6 Å². The molecular weight excluding hydrogens is 711 g/mol. The predicted molar refractivity (Wildman–Crippen MR) is 205 cm³/mol. The van der Waals surface area contributed by atoms with E-state index in [1.165, 1.54) is 5.57 Å². The number of quaternary nitrogens is 1. The van der Waals surface area contributed by atoms with Gasteiger partial charge in [0.05, 0.1) is 18.6 Å². The van der Waals surface area contributed by atoms with Gasteiger partial charge in [0.2, 0.25) is 5.91 Å². The fourth-order valence-electron chi connectivity index (χ4n) is 12.4. The number of nitrogens with two attached hydrogens (primary N) is 2. The summed E-state index contributed by atoms with van der Waals surface area (Å²) in [5, 5.41) is 12.3. The van der Waals surface area contributed by atoms with Gasteiger partial charge in [0.25, 0.3) is 0 Å². The number of carbonyl (C=O) groups is 3. The van der Waals surface area contributed by atoms with Gasteiger partial charge in [-0.1, -0.05) is 52.2 Å². The molecule has 8 aliphatic rings. The number of aliphatic hydroxyl groups is 1. The highest BCUT2D eigenvalue weighted by atomic mass is 33.1. The van der Waals surface area contributed by atoms with Gasteiger partial charge in [0.15, 0.2) is 0 Å². The van der Waals surface area contributed by atoms with Crippen LogP contribution in [0.4, 0.5) is 0 Å². The average Bonchev–Trinajstić information content (AvgIpc) is 3.74. The highest BCUT2D eigenvalue weighted by Crippen LogP contribution is 2.63. The number of carbonyl (C=O) groups excluding carboxylic acids is 3. The first kappa shape index (κ1) is 38.3. The van der Waals surface area contributed by atoms with Crippen molar-refractivity contribution >= 4 is 39.4 Å². The largest absolute Gasteiger partial charge is 0.462 e. The van der Waals surface area contributed by atoms with Gasteiger partial charge in [-0.05, 0) is 88.9 Å². The number of hydrogen-bond acceptors (Lipinski definition) is 10. The molecule has 7 fully saturated rings. The molecule has 2 saturated carbocycles. The Morgan fingerprint density at radius 2 is 1.94 bits per heavy atom. The number of allylic oxidation sites excluding steroid dienone is 1. The lowest BCUT2D eigenvalue weighted by Gasteiger charge is -2.56. The number of ether oxygens (including phenoxy) is 3. The molecule has 8 rings (SSSR count). The fourth-order valence-corrected chi connectivity index (χ4v) is 14.9. The third-order valence-electron chi connectivity index (χ3n) is 15.5. The maximum atomic E-state index is 13.9. The Balaban J connectivity index is 1.16. The number of hydrogen-bond donors (Lipinski definition) is 3. The van der Waals surface area contributed by atoms with E-state index in [9.17, 15) is 19.5 Å². The minimum atomic E-state index is -0.948. The molecule has 5 N–H and O–H groups in total. The van der Waals surface area contributed by atoms with Crippen LogP contribution in [0.2, 0.25) is 0 Å². The van der Waals surface area contributed by atoms with E-state index in [0.29, 0.717) is 37.3 Å². The number of piperidine rings is 1. The number of fused-ring (bicyclic) bond motifs is 7. The Kier molecular flexibility index (Phi) is 10.9. The third kappa shape index (κ3) is 6.74. The van der Waals surface area contributed by atoms with Gasteiger partial charge in [-0.3, -0.25) is 15.3 Å². The summed E-state index contributed by atoms with van der Waals surface area (Å²) < 4.78 is 20.7. The second-order valence-corrected chi connectivity index (χ2v) is 20.7. The van der Waals surface area contributed by atoms with Crippen LogP contribution in [0.1, 0.15) is 104 Å². The Labute approximate surface area is 323 Å². The Morgan fingerprint density at radius 1 is 1.13 bits per heavy atom. The molecule has 12 heteroatoms. The summed E-state index contributed by atoms with van der Waals surface area (Å²) in [6.07, 6.45) is 14.6. The van der Waals surface area contributed by atoms with Crippen molar-refractivity contribution in [3.63, 3.8) is 0 Å². The maximum absolute atomic E-state index is 13.9. The normalized spacial score (nSPS) is 44.1. The molecule has 294 valence electrons. The molecule has 0 aromatic heterocycles. The molecule has 1 amide bonds. The van der Waals surface area contributed by atoms with E-state index in [4.69, 9.17) is 19.9 Å². The standard InChI is InChI=1S/C41H61N3O7S2/c1-4-24(2)37(47)51-39(3)11-7-25-22-52-53-23-29-8-13-44(29)35(46)17-28-21-43-34(42)18-30(28)36(25)41(39)20-27-15-26-16-31(40(12-14-45)9-5-6-10-40)38(48)49-32(26)19-33(27)50-41/h4,7,26-34,36,43,45H,5-6,8-23,42H2,1-3H3/p+1. The molecule has 5 aliphatic heterocycles. The summed E-state index contributed by atoms with van der Waals surface area (Å²) in [5.41, 5.74) is 6.78. The van der Waals surface area contributed by atoms with Crippen molar-refractivity contribution in [1.82, 2.24) is 4.90 Å². The van der Waals surface area contributed by atoms with Crippen molar-refractivity contribution in [2.24, 2.45) is 46.7 Å². The quantitative estimate of drug-likeness (QED) is 0.158. The van der Waals surface area contributed by atoms with Gasteiger partial charge in [-0.2, -0.15) is 0 Å². The topological polar surface area (TPSA) is 145 Å². The van der Waals surface area contributed by atoms with Gasteiger partial charge in [-0.15, -0.1) is 0 Å². The highest BCUT2D eigenvalue weighted by molar-refractivity contribution is 8.76. The van der Waals surface area contributed by atoms with Crippen LogP contribution in [0.15, 0.2) is 23.3 Å². The zero-order valence-electron chi connectivity index (χ0n) is 32.0.